The molecule has 0 aliphatic rings. The molecule has 0 bridgehead atoms. The zero-order valence-electron chi connectivity index (χ0n) is 18.8. The molecule has 184 valence electrons. The molecule has 2 N–H and O–H groups in total. The lowest BCUT2D eigenvalue weighted by atomic mass is 10.1. The second-order valence-corrected chi connectivity index (χ2v) is 8.15. The number of aromatic amines is 1. The standard InChI is InChI=1S/C26H16F4N6O/c1-31-24-7-5-20(10-21(24)26(28,29)30)36-14-19(13-34-36)15-2-3-17(22(27)9-15)11-32-25(37)16-4-6-23-18(8-16)12-33-35-23/h2-10,12-14H,11H2,(H,32,37)(H,33,35). The summed E-state index contributed by atoms with van der Waals surface area (Å²) in [6.45, 7) is 6.91. The van der Waals surface area contributed by atoms with E-state index < -0.39 is 23.2 Å². The van der Waals surface area contributed by atoms with Gasteiger partial charge < -0.3 is 5.32 Å². The number of amides is 1. The minimum Gasteiger partial charge on any atom is -0.348 e. The molecule has 0 aliphatic carbocycles. The highest BCUT2D eigenvalue weighted by molar-refractivity contribution is 5.97. The SMILES string of the molecule is [C-]#[N+]c1ccc(-n2cc(-c3ccc(CNC(=O)c4ccc5[nH]ncc5c4)c(F)c3)cn2)cc1C(F)(F)F. The zero-order chi connectivity index (χ0) is 26.2. The lowest BCUT2D eigenvalue weighted by Gasteiger charge is -2.11. The predicted molar refractivity (Wildman–Crippen MR) is 127 cm³/mol. The van der Waals surface area contributed by atoms with E-state index in [2.05, 4.69) is 25.5 Å². The molecular formula is C26H16F4N6O. The van der Waals surface area contributed by atoms with Gasteiger partial charge >= 0.3 is 6.18 Å². The minimum atomic E-state index is -4.69. The van der Waals surface area contributed by atoms with E-state index in [4.69, 9.17) is 6.57 Å². The molecule has 0 saturated heterocycles. The monoisotopic (exact) mass is 504 g/mol. The lowest BCUT2D eigenvalue weighted by Crippen LogP contribution is -2.23. The second kappa shape index (κ2) is 9.23. The summed E-state index contributed by atoms with van der Waals surface area (Å²) in [4.78, 5) is 15.4. The first-order chi connectivity index (χ1) is 17.7. The maximum atomic E-state index is 14.8. The van der Waals surface area contributed by atoms with Gasteiger partial charge in [0.2, 0.25) is 0 Å². The molecular weight excluding hydrogens is 488 g/mol. The maximum Gasteiger partial charge on any atom is 0.407 e. The highest BCUT2D eigenvalue weighted by Gasteiger charge is 2.33. The number of H-pyrrole nitrogens is 1. The van der Waals surface area contributed by atoms with Gasteiger partial charge in [0.15, 0.2) is 5.69 Å². The molecule has 0 saturated carbocycles. The van der Waals surface area contributed by atoms with Crippen molar-refractivity contribution in [2.75, 3.05) is 0 Å². The molecule has 3 aromatic carbocycles. The summed E-state index contributed by atoms with van der Waals surface area (Å²) in [5.74, 6) is -0.924. The number of nitrogens with one attached hydrogen (secondary N) is 2. The van der Waals surface area contributed by atoms with Crippen molar-refractivity contribution < 1.29 is 22.4 Å². The molecule has 37 heavy (non-hydrogen) atoms. The number of fused-ring (bicyclic) bond motifs is 1. The molecule has 11 heteroatoms. The van der Waals surface area contributed by atoms with Crippen molar-refractivity contribution in [1.29, 1.82) is 0 Å². The average molecular weight is 504 g/mol. The van der Waals surface area contributed by atoms with Crippen molar-refractivity contribution in [2.24, 2.45) is 0 Å². The van der Waals surface area contributed by atoms with E-state index >= 15 is 0 Å². The number of carbonyl (C=O) groups is 1. The molecule has 0 atom stereocenters. The van der Waals surface area contributed by atoms with Crippen LogP contribution in [0.1, 0.15) is 21.5 Å². The molecule has 0 radical (unpaired) electrons. The summed E-state index contributed by atoms with van der Waals surface area (Å²) in [5.41, 5.74) is 0.954. The summed E-state index contributed by atoms with van der Waals surface area (Å²) in [6, 6.07) is 12.8. The molecule has 0 fully saturated rings. The van der Waals surface area contributed by atoms with Gasteiger partial charge in [-0.25, -0.2) is 13.9 Å². The Morgan fingerprint density at radius 3 is 2.65 bits per heavy atom. The molecule has 0 spiro atoms. The topological polar surface area (TPSA) is 80.0 Å². The fraction of sp³-hybridized carbons (Fsp3) is 0.0769. The molecule has 2 aromatic heterocycles. The predicted octanol–water partition coefficient (Wildman–Crippen LogP) is 6.05. The number of hydrogen-bond acceptors (Lipinski definition) is 3. The Bertz CT molecular complexity index is 1680. The molecule has 0 aliphatic heterocycles. The van der Waals surface area contributed by atoms with Crippen molar-refractivity contribution in [3.63, 3.8) is 0 Å². The van der Waals surface area contributed by atoms with Crippen LogP contribution in [0.2, 0.25) is 0 Å². The molecule has 0 unspecified atom stereocenters. The first kappa shape index (κ1) is 23.7. The van der Waals surface area contributed by atoms with E-state index in [1.165, 1.54) is 35.3 Å². The first-order valence-corrected chi connectivity index (χ1v) is 10.9. The maximum absolute atomic E-state index is 14.8. The summed E-state index contributed by atoms with van der Waals surface area (Å²) < 4.78 is 55.9. The van der Waals surface area contributed by atoms with E-state index in [0.717, 1.165) is 23.0 Å². The van der Waals surface area contributed by atoms with Crippen LogP contribution in [0.3, 0.4) is 0 Å². The number of carbonyl (C=O) groups excluding carboxylic acids is 1. The van der Waals surface area contributed by atoms with Crippen LogP contribution in [0.15, 0.2) is 73.2 Å². The van der Waals surface area contributed by atoms with Gasteiger partial charge in [0.1, 0.15) is 5.82 Å². The number of halogens is 4. The summed E-state index contributed by atoms with van der Waals surface area (Å²) in [6.07, 6.45) is -0.218. The van der Waals surface area contributed by atoms with Gasteiger partial charge in [0.25, 0.3) is 5.91 Å². The number of rotatable bonds is 5. The first-order valence-electron chi connectivity index (χ1n) is 10.9. The van der Waals surface area contributed by atoms with Crippen LogP contribution in [0.25, 0.3) is 32.6 Å². The van der Waals surface area contributed by atoms with E-state index in [0.29, 0.717) is 16.7 Å². The number of alkyl halides is 3. The van der Waals surface area contributed by atoms with Crippen molar-refractivity contribution in [3.8, 4) is 16.8 Å². The van der Waals surface area contributed by atoms with E-state index in [9.17, 15) is 22.4 Å². The average Bonchev–Trinajstić information content (AvgIpc) is 3.56. The van der Waals surface area contributed by atoms with Crippen LogP contribution in [0.4, 0.5) is 23.2 Å². The lowest BCUT2D eigenvalue weighted by molar-refractivity contribution is -0.136. The Balaban J connectivity index is 1.32. The molecule has 5 aromatic rings. The summed E-state index contributed by atoms with van der Waals surface area (Å²) >= 11 is 0. The third-order valence-corrected chi connectivity index (χ3v) is 5.78. The van der Waals surface area contributed by atoms with Gasteiger partial charge in [-0.15, -0.1) is 0 Å². The fourth-order valence-electron chi connectivity index (χ4n) is 3.84. The summed E-state index contributed by atoms with van der Waals surface area (Å²) in [5, 5.41) is 14.3. The van der Waals surface area contributed by atoms with Gasteiger partial charge in [-0.2, -0.15) is 23.4 Å². The van der Waals surface area contributed by atoms with E-state index in [1.807, 2.05) is 0 Å². The largest absolute Gasteiger partial charge is 0.407 e. The van der Waals surface area contributed by atoms with Gasteiger partial charge in [-0.3, -0.25) is 9.89 Å². The van der Waals surface area contributed by atoms with E-state index in [-0.39, 0.29) is 23.7 Å². The number of benzene rings is 3. The van der Waals surface area contributed by atoms with Crippen LogP contribution in [0.5, 0.6) is 0 Å². The summed E-state index contributed by atoms with van der Waals surface area (Å²) in [7, 11) is 0. The second-order valence-electron chi connectivity index (χ2n) is 8.15. The van der Waals surface area contributed by atoms with Crippen LogP contribution < -0.4 is 5.32 Å². The highest BCUT2D eigenvalue weighted by atomic mass is 19.4. The minimum absolute atomic E-state index is 0.0404. The normalized spacial score (nSPS) is 11.4. The van der Waals surface area contributed by atoms with Gasteiger partial charge in [-0.1, -0.05) is 18.2 Å². The number of nitrogens with zero attached hydrogens (tertiary/aromatic N) is 4. The molecule has 7 nitrogen and oxygen atoms in total. The molecule has 1 amide bonds. The van der Waals surface area contributed by atoms with Crippen molar-refractivity contribution in [2.45, 2.75) is 12.7 Å². The van der Waals surface area contributed by atoms with Crippen LogP contribution in [-0.2, 0) is 12.7 Å². The van der Waals surface area contributed by atoms with Gasteiger partial charge in [0, 0.05) is 34.8 Å². The smallest absolute Gasteiger partial charge is 0.348 e. The Morgan fingerprint density at radius 2 is 1.89 bits per heavy atom. The third kappa shape index (κ3) is 4.77. The third-order valence-electron chi connectivity index (χ3n) is 5.78. The number of aromatic nitrogens is 4. The fourth-order valence-corrected chi connectivity index (χ4v) is 3.84. The Kier molecular flexibility index (Phi) is 5.93. The highest BCUT2D eigenvalue weighted by Crippen LogP contribution is 2.37. The van der Waals surface area contributed by atoms with Gasteiger partial charge in [-0.05, 0) is 42.0 Å². The van der Waals surface area contributed by atoms with Gasteiger partial charge in [0.05, 0.1) is 35.7 Å². The Morgan fingerprint density at radius 1 is 1.05 bits per heavy atom. The Labute approximate surface area is 207 Å². The van der Waals surface area contributed by atoms with Crippen molar-refractivity contribution in [1.82, 2.24) is 25.3 Å². The Hall–Kier alpha value is -4.98. The van der Waals surface area contributed by atoms with Crippen LogP contribution in [0, 0.1) is 12.4 Å². The van der Waals surface area contributed by atoms with Crippen LogP contribution in [-0.4, -0.2) is 25.9 Å². The quantitative estimate of drug-likeness (QED) is 0.226. The van der Waals surface area contributed by atoms with Crippen molar-refractivity contribution >= 4 is 22.5 Å². The molecule has 2 heterocycles. The number of hydrogen-bond donors (Lipinski definition) is 2. The zero-order valence-corrected chi connectivity index (χ0v) is 18.8. The molecule has 5 rings (SSSR count). The van der Waals surface area contributed by atoms with E-state index in [1.54, 1.807) is 30.5 Å². The van der Waals surface area contributed by atoms with Crippen molar-refractivity contribution in [3.05, 3.63) is 107 Å². The van der Waals surface area contributed by atoms with Crippen LogP contribution >= 0.6 is 0 Å².